The van der Waals surface area contributed by atoms with Crippen LogP contribution in [0.25, 0.3) is 11.0 Å². The van der Waals surface area contributed by atoms with Crippen LogP contribution in [-0.4, -0.2) is 20.6 Å². The first-order valence-corrected chi connectivity index (χ1v) is 8.75. The number of nitro groups is 1. The standard InChI is InChI=1S/C21H17N5O2/c27-26(28)17-12-10-15(11-13-17)20(25-24-16-6-2-1-3-7-16)14-21-22-18-8-4-5-9-19(18)23-21/h1-13,24H,14H2,(H,22,23). The van der Waals surface area contributed by atoms with Gasteiger partial charge < -0.3 is 4.98 Å². The quantitative estimate of drug-likeness (QED) is 0.296. The molecule has 0 aliphatic heterocycles. The number of imidazole rings is 1. The summed E-state index contributed by atoms with van der Waals surface area (Å²) in [5, 5.41) is 15.5. The van der Waals surface area contributed by atoms with E-state index in [1.165, 1.54) is 12.1 Å². The Kier molecular flexibility index (Phi) is 4.79. The second-order valence-corrected chi connectivity index (χ2v) is 6.22. The van der Waals surface area contributed by atoms with Gasteiger partial charge in [0.2, 0.25) is 0 Å². The van der Waals surface area contributed by atoms with Crippen LogP contribution in [0.4, 0.5) is 11.4 Å². The van der Waals surface area contributed by atoms with Crippen molar-refractivity contribution >= 4 is 28.1 Å². The van der Waals surface area contributed by atoms with Crippen molar-refractivity contribution < 1.29 is 4.92 Å². The fraction of sp³-hybridized carbons (Fsp3) is 0.0476. The average molecular weight is 371 g/mol. The molecule has 0 spiro atoms. The monoisotopic (exact) mass is 371 g/mol. The molecule has 4 rings (SSSR count). The molecule has 0 aliphatic rings. The molecule has 0 bridgehead atoms. The Balaban J connectivity index is 1.66. The van der Waals surface area contributed by atoms with Gasteiger partial charge >= 0.3 is 0 Å². The number of hydrogen-bond acceptors (Lipinski definition) is 5. The Morgan fingerprint density at radius 2 is 1.71 bits per heavy atom. The average Bonchev–Trinajstić information content (AvgIpc) is 3.14. The summed E-state index contributed by atoms with van der Waals surface area (Å²) in [4.78, 5) is 18.4. The largest absolute Gasteiger partial charge is 0.342 e. The van der Waals surface area contributed by atoms with Crippen LogP contribution in [0.1, 0.15) is 11.4 Å². The van der Waals surface area contributed by atoms with E-state index in [0.29, 0.717) is 6.42 Å². The Morgan fingerprint density at radius 3 is 2.43 bits per heavy atom. The minimum atomic E-state index is -0.415. The van der Waals surface area contributed by atoms with Crippen molar-refractivity contribution in [1.82, 2.24) is 9.97 Å². The third-order valence-corrected chi connectivity index (χ3v) is 4.28. The second-order valence-electron chi connectivity index (χ2n) is 6.22. The molecule has 7 nitrogen and oxygen atoms in total. The van der Waals surface area contributed by atoms with E-state index in [9.17, 15) is 10.1 Å². The van der Waals surface area contributed by atoms with Crippen LogP contribution in [0.15, 0.2) is 84.0 Å². The molecule has 0 aliphatic carbocycles. The third kappa shape index (κ3) is 3.88. The van der Waals surface area contributed by atoms with Crippen LogP contribution in [-0.2, 0) is 6.42 Å². The van der Waals surface area contributed by atoms with Gasteiger partial charge in [0.05, 0.1) is 33.8 Å². The molecule has 0 saturated carbocycles. The molecule has 0 radical (unpaired) electrons. The van der Waals surface area contributed by atoms with Gasteiger partial charge in [-0.15, -0.1) is 0 Å². The van der Waals surface area contributed by atoms with Crippen molar-refractivity contribution in [2.45, 2.75) is 6.42 Å². The molecule has 28 heavy (non-hydrogen) atoms. The number of nitro benzene ring substituents is 1. The molecule has 0 unspecified atom stereocenters. The van der Waals surface area contributed by atoms with Crippen molar-refractivity contribution in [3.05, 3.63) is 100 Å². The Labute approximate surface area is 160 Å². The molecule has 0 amide bonds. The highest BCUT2D eigenvalue weighted by Gasteiger charge is 2.12. The van der Waals surface area contributed by atoms with E-state index in [0.717, 1.165) is 33.8 Å². The lowest BCUT2D eigenvalue weighted by Crippen LogP contribution is -2.09. The molecule has 0 saturated heterocycles. The number of para-hydroxylation sites is 3. The van der Waals surface area contributed by atoms with Gasteiger partial charge in [0, 0.05) is 12.1 Å². The van der Waals surface area contributed by atoms with E-state index in [-0.39, 0.29) is 5.69 Å². The molecule has 2 N–H and O–H groups in total. The van der Waals surface area contributed by atoms with Crippen molar-refractivity contribution in [2.24, 2.45) is 5.10 Å². The van der Waals surface area contributed by atoms with E-state index in [1.807, 2.05) is 54.6 Å². The smallest absolute Gasteiger partial charge is 0.269 e. The lowest BCUT2D eigenvalue weighted by molar-refractivity contribution is -0.384. The summed E-state index contributed by atoms with van der Waals surface area (Å²) in [6.45, 7) is 0. The molecule has 0 fully saturated rings. The van der Waals surface area contributed by atoms with Crippen LogP contribution < -0.4 is 5.43 Å². The number of H-pyrrole nitrogens is 1. The van der Waals surface area contributed by atoms with Crippen molar-refractivity contribution in [3.63, 3.8) is 0 Å². The number of nitrogens with one attached hydrogen (secondary N) is 2. The summed E-state index contributed by atoms with van der Waals surface area (Å²) in [5.41, 5.74) is 7.29. The van der Waals surface area contributed by atoms with Gasteiger partial charge in [0.15, 0.2) is 0 Å². The summed E-state index contributed by atoms with van der Waals surface area (Å²) in [5.74, 6) is 0.771. The molecule has 4 aromatic rings. The number of non-ortho nitro benzene ring substituents is 1. The number of anilines is 1. The maximum absolute atomic E-state index is 10.9. The second kappa shape index (κ2) is 7.71. The van der Waals surface area contributed by atoms with Crippen LogP contribution in [0.3, 0.4) is 0 Å². The highest BCUT2D eigenvalue weighted by atomic mass is 16.6. The highest BCUT2D eigenvalue weighted by Crippen LogP contribution is 2.17. The number of aromatic amines is 1. The number of aromatic nitrogens is 2. The van der Waals surface area contributed by atoms with Gasteiger partial charge in [-0.2, -0.15) is 5.10 Å². The maximum atomic E-state index is 10.9. The maximum Gasteiger partial charge on any atom is 0.269 e. The summed E-state index contributed by atoms with van der Waals surface area (Å²) in [6.07, 6.45) is 0.451. The normalized spacial score (nSPS) is 11.5. The number of hydrazone groups is 1. The zero-order chi connectivity index (χ0) is 19.3. The van der Waals surface area contributed by atoms with E-state index in [2.05, 4.69) is 20.5 Å². The molecular weight excluding hydrogens is 354 g/mol. The van der Waals surface area contributed by atoms with E-state index in [4.69, 9.17) is 0 Å². The molecular formula is C21H17N5O2. The molecule has 0 atom stereocenters. The van der Waals surface area contributed by atoms with Crippen LogP contribution in [0, 0.1) is 10.1 Å². The summed E-state index contributed by atoms with van der Waals surface area (Å²) in [7, 11) is 0. The molecule has 7 heteroatoms. The predicted octanol–water partition coefficient (Wildman–Crippen LogP) is 4.53. The Hall–Kier alpha value is -4.00. The van der Waals surface area contributed by atoms with Crippen LogP contribution in [0.2, 0.25) is 0 Å². The SMILES string of the molecule is O=[N+]([O-])c1ccc(C(Cc2nc3ccccc3[nH]2)=NNc2ccccc2)cc1. The summed E-state index contributed by atoms with van der Waals surface area (Å²) >= 11 is 0. The number of fused-ring (bicyclic) bond motifs is 1. The van der Waals surface area contributed by atoms with Gasteiger partial charge in [-0.1, -0.05) is 30.3 Å². The highest BCUT2D eigenvalue weighted by molar-refractivity contribution is 6.02. The van der Waals surface area contributed by atoms with Gasteiger partial charge in [0.25, 0.3) is 5.69 Å². The lowest BCUT2D eigenvalue weighted by Gasteiger charge is -2.07. The zero-order valence-electron chi connectivity index (χ0n) is 14.9. The molecule has 138 valence electrons. The van der Waals surface area contributed by atoms with E-state index >= 15 is 0 Å². The summed E-state index contributed by atoms with van der Waals surface area (Å²) < 4.78 is 0. The zero-order valence-corrected chi connectivity index (χ0v) is 14.9. The third-order valence-electron chi connectivity index (χ3n) is 4.28. The van der Waals surface area contributed by atoms with Gasteiger partial charge in [-0.3, -0.25) is 15.5 Å². The fourth-order valence-corrected chi connectivity index (χ4v) is 2.87. The lowest BCUT2D eigenvalue weighted by atomic mass is 10.1. The van der Waals surface area contributed by atoms with Gasteiger partial charge in [-0.25, -0.2) is 4.98 Å². The first kappa shape index (κ1) is 17.4. The number of benzene rings is 3. The van der Waals surface area contributed by atoms with Crippen LogP contribution in [0.5, 0.6) is 0 Å². The molecule has 1 heterocycles. The van der Waals surface area contributed by atoms with E-state index < -0.39 is 4.92 Å². The van der Waals surface area contributed by atoms with Gasteiger partial charge in [0.1, 0.15) is 5.82 Å². The minimum absolute atomic E-state index is 0.0443. The van der Waals surface area contributed by atoms with E-state index in [1.54, 1.807) is 12.1 Å². The fourth-order valence-electron chi connectivity index (χ4n) is 2.87. The number of rotatable bonds is 6. The molecule has 1 aromatic heterocycles. The van der Waals surface area contributed by atoms with Gasteiger partial charge in [-0.05, 0) is 42.0 Å². The first-order valence-electron chi connectivity index (χ1n) is 8.75. The van der Waals surface area contributed by atoms with Crippen LogP contribution >= 0.6 is 0 Å². The Bertz CT molecular complexity index is 1100. The Morgan fingerprint density at radius 1 is 1.00 bits per heavy atom. The minimum Gasteiger partial charge on any atom is -0.342 e. The van der Waals surface area contributed by atoms with Crippen molar-refractivity contribution in [1.29, 1.82) is 0 Å². The van der Waals surface area contributed by atoms with Crippen molar-refractivity contribution in [2.75, 3.05) is 5.43 Å². The number of nitrogens with zero attached hydrogens (tertiary/aromatic N) is 3. The van der Waals surface area contributed by atoms with Crippen molar-refractivity contribution in [3.8, 4) is 0 Å². The summed E-state index contributed by atoms with van der Waals surface area (Å²) in [6, 6.07) is 23.8. The topological polar surface area (TPSA) is 96.2 Å². The predicted molar refractivity (Wildman–Crippen MR) is 109 cm³/mol. The number of hydrogen-bond donors (Lipinski definition) is 2. The first-order chi connectivity index (χ1) is 13.7. The molecule has 3 aromatic carbocycles.